The number of aryl methyl sites for hydroxylation is 1. The Morgan fingerprint density at radius 2 is 1.67 bits per heavy atom. The van der Waals surface area contributed by atoms with Gasteiger partial charge < -0.3 is 19.7 Å². The summed E-state index contributed by atoms with van der Waals surface area (Å²) in [6.45, 7) is 3.99. The van der Waals surface area contributed by atoms with Crippen LogP contribution in [0.4, 0.5) is 11.6 Å². The molecule has 0 radical (unpaired) electrons. The van der Waals surface area contributed by atoms with E-state index in [4.69, 9.17) is 9.47 Å². The zero-order valence-corrected chi connectivity index (χ0v) is 20.0. The molecule has 1 aromatic heterocycles. The Kier molecular flexibility index (Phi) is 7.39. The molecule has 1 saturated heterocycles. The Labute approximate surface area is 198 Å². The van der Waals surface area contributed by atoms with Gasteiger partial charge in [0, 0.05) is 37.0 Å². The van der Waals surface area contributed by atoms with E-state index < -0.39 is 0 Å². The van der Waals surface area contributed by atoms with Crippen LogP contribution in [0.3, 0.4) is 0 Å². The topological polar surface area (TPSA) is 81.5 Å². The number of carbonyl (C=O) groups excluding carboxylic acids is 1. The number of nitrogens with zero attached hydrogens (tertiary/aromatic N) is 4. The lowest BCUT2D eigenvalue weighted by Gasteiger charge is -2.27. The van der Waals surface area contributed by atoms with Crippen molar-refractivity contribution in [3.05, 3.63) is 48.0 Å². The molecule has 4 rings (SSSR count). The summed E-state index contributed by atoms with van der Waals surface area (Å²) in [4.78, 5) is 15.0. The molecule has 0 saturated carbocycles. The second-order valence-electron chi connectivity index (χ2n) is 7.94. The minimum Gasteiger partial charge on any atom is -0.497 e. The molecular formula is C24H29N5O3S. The Balaban J connectivity index is 1.52. The van der Waals surface area contributed by atoms with Crippen molar-refractivity contribution in [3.8, 4) is 17.2 Å². The number of anilines is 2. The Morgan fingerprint density at radius 3 is 2.30 bits per heavy atom. The molecule has 0 atom stereocenters. The van der Waals surface area contributed by atoms with E-state index in [0.29, 0.717) is 22.3 Å². The van der Waals surface area contributed by atoms with Crippen molar-refractivity contribution in [1.29, 1.82) is 0 Å². The molecule has 0 unspecified atom stereocenters. The smallest absolute Gasteiger partial charge is 0.234 e. The summed E-state index contributed by atoms with van der Waals surface area (Å²) in [5.74, 6) is 2.11. The van der Waals surface area contributed by atoms with Crippen LogP contribution in [0.2, 0.25) is 0 Å². The van der Waals surface area contributed by atoms with Crippen molar-refractivity contribution >= 4 is 29.3 Å². The summed E-state index contributed by atoms with van der Waals surface area (Å²) < 4.78 is 12.6. The first kappa shape index (κ1) is 23.0. The monoisotopic (exact) mass is 467 g/mol. The third-order valence-electron chi connectivity index (χ3n) is 5.51. The Morgan fingerprint density at radius 1 is 1.00 bits per heavy atom. The first-order valence-corrected chi connectivity index (χ1v) is 12.0. The van der Waals surface area contributed by atoms with E-state index in [-0.39, 0.29) is 11.7 Å². The maximum Gasteiger partial charge on any atom is 0.234 e. The van der Waals surface area contributed by atoms with Crippen molar-refractivity contribution < 1.29 is 14.3 Å². The average Bonchev–Trinajstić information content (AvgIpc) is 3.27. The number of benzene rings is 2. The summed E-state index contributed by atoms with van der Waals surface area (Å²) in [7, 11) is 3.15. The summed E-state index contributed by atoms with van der Waals surface area (Å²) in [6.07, 6.45) is 3.54. The van der Waals surface area contributed by atoms with Crippen LogP contribution < -0.4 is 19.7 Å². The maximum absolute atomic E-state index is 12.7. The van der Waals surface area contributed by atoms with Crippen molar-refractivity contribution in [2.75, 3.05) is 43.3 Å². The van der Waals surface area contributed by atoms with Gasteiger partial charge in [-0.3, -0.25) is 9.36 Å². The predicted molar refractivity (Wildman–Crippen MR) is 131 cm³/mol. The highest BCUT2D eigenvalue weighted by Crippen LogP contribution is 2.29. The minimum atomic E-state index is -0.145. The van der Waals surface area contributed by atoms with Crippen molar-refractivity contribution in [1.82, 2.24) is 14.8 Å². The van der Waals surface area contributed by atoms with Gasteiger partial charge in [-0.25, -0.2) is 0 Å². The number of hydrogen-bond acceptors (Lipinski definition) is 7. The number of piperidine rings is 1. The quantitative estimate of drug-likeness (QED) is 0.494. The van der Waals surface area contributed by atoms with Gasteiger partial charge in [-0.1, -0.05) is 29.5 Å². The average molecular weight is 468 g/mol. The van der Waals surface area contributed by atoms with Crippen LogP contribution >= 0.6 is 11.8 Å². The lowest BCUT2D eigenvalue weighted by Crippen LogP contribution is -2.31. The number of thioether (sulfide) groups is 1. The van der Waals surface area contributed by atoms with Crippen LogP contribution in [-0.4, -0.2) is 53.7 Å². The Hall–Kier alpha value is -3.20. The molecule has 9 heteroatoms. The fraction of sp³-hybridized carbons (Fsp3) is 0.375. The number of hydrogen-bond donors (Lipinski definition) is 1. The number of carbonyl (C=O) groups is 1. The summed E-state index contributed by atoms with van der Waals surface area (Å²) in [6, 6.07) is 13.6. The molecule has 1 aliphatic heterocycles. The van der Waals surface area contributed by atoms with Crippen LogP contribution in [-0.2, 0) is 4.79 Å². The van der Waals surface area contributed by atoms with E-state index in [1.807, 2.05) is 0 Å². The molecule has 3 aromatic rings. The predicted octanol–water partition coefficient (Wildman–Crippen LogP) is 4.31. The second kappa shape index (κ2) is 10.6. The molecule has 0 bridgehead atoms. The van der Waals surface area contributed by atoms with E-state index in [2.05, 4.69) is 56.2 Å². The molecule has 1 fully saturated rings. The van der Waals surface area contributed by atoms with Crippen molar-refractivity contribution in [2.24, 2.45) is 0 Å². The lowest BCUT2D eigenvalue weighted by atomic mass is 10.1. The summed E-state index contributed by atoms with van der Waals surface area (Å²) in [5.41, 5.74) is 2.80. The van der Waals surface area contributed by atoms with Crippen molar-refractivity contribution in [2.45, 2.75) is 31.3 Å². The molecule has 8 nitrogen and oxygen atoms in total. The van der Waals surface area contributed by atoms with Crippen LogP contribution in [0.5, 0.6) is 11.5 Å². The highest BCUT2D eigenvalue weighted by Gasteiger charge is 2.22. The third-order valence-corrected chi connectivity index (χ3v) is 6.44. The number of nitrogens with one attached hydrogen (secondary N) is 1. The third kappa shape index (κ3) is 5.60. The highest BCUT2D eigenvalue weighted by atomic mass is 32.2. The molecule has 33 heavy (non-hydrogen) atoms. The van der Waals surface area contributed by atoms with Gasteiger partial charge in [-0.05, 0) is 38.3 Å². The molecule has 1 amide bonds. The Bertz CT molecular complexity index is 1070. The molecular weight excluding hydrogens is 438 g/mol. The first-order chi connectivity index (χ1) is 16.1. The van der Waals surface area contributed by atoms with Crippen molar-refractivity contribution in [3.63, 3.8) is 0 Å². The van der Waals surface area contributed by atoms with E-state index in [1.54, 1.807) is 32.4 Å². The minimum absolute atomic E-state index is 0.145. The van der Waals surface area contributed by atoms with Gasteiger partial charge in [0.05, 0.1) is 25.7 Å². The molecule has 174 valence electrons. The van der Waals surface area contributed by atoms with Gasteiger partial charge >= 0.3 is 0 Å². The summed E-state index contributed by atoms with van der Waals surface area (Å²) >= 11 is 1.37. The fourth-order valence-corrected chi connectivity index (χ4v) is 4.53. The first-order valence-electron chi connectivity index (χ1n) is 11.0. The standard InChI is InChI=1S/C24H29N5O3S/c1-17-7-9-19(10-8-17)29-23(28-11-5-4-6-12-28)26-27-24(29)33-16-22(30)25-18-13-20(31-2)15-21(14-18)32-3/h7-10,13-15H,4-6,11-12,16H2,1-3H3,(H,25,30). The van der Waals surface area contributed by atoms with Gasteiger partial charge in [-0.15, -0.1) is 10.2 Å². The highest BCUT2D eigenvalue weighted by molar-refractivity contribution is 7.99. The van der Waals surface area contributed by atoms with E-state index in [1.165, 1.54) is 23.7 Å². The van der Waals surface area contributed by atoms with Gasteiger partial charge in [0.2, 0.25) is 11.9 Å². The number of methoxy groups -OCH3 is 2. The van der Waals surface area contributed by atoms with Crippen LogP contribution in [0.25, 0.3) is 5.69 Å². The lowest BCUT2D eigenvalue weighted by molar-refractivity contribution is -0.113. The number of rotatable bonds is 8. The maximum atomic E-state index is 12.7. The second-order valence-corrected chi connectivity index (χ2v) is 8.88. The van der Waals surface area contributed by atoms with E-state index in [0.717, 1.165) is 37.6 Å². The molecule has 2 heterocycles. The van der Waals surface area contributed by atoms with Crippen LogP contribution in [0.1, 0.15) is 24.8 Å². The fourth-order valence-electron chi connectivity index (χ4n) is 3.78. The normalized spacial score (nSPS) is 13.6. The molecule has 0 aliphatic carbocycles. The zero-order valence-electron chi connectivity index (χ0n) is 19.2. The van der Waals surface area contributed by atoms with Gasteiger partial charge in [-0.2, -0.15) is 0 Å². The van der Waals surface area contributed by atoms with Crippen LogP contribution in [0.15, 0.2) is 47.6 Å². The van der Waals surface area contributed by atoms with Gasteiger partial charge in [0.15, 0.2) is 5.16 Å². The SMILES string of the molecule is COc1cc(NC(=O)CSc2nnc(N3CCCCC3)n2-c2ccc(C)cc2)cc(OC)c1. The summed E-state index contributed by atoms with van der Waals surface area (Å²) in [5, 5.41) is 12.5. The van der Waals surface area contributed by atoms with Gasteiger partial charge in [0.1, 0.15) is 11.5 Å². The zero-order chi connectivity index (χ0) is 23.2. The number of aromatic nitrogens is 3. The number of amides is 1. The van der Waals surface area contributed by atoms with Gasteiger partial charge in [0.25, 0.3) is 0 Å². The molecule has 0 spiro atoms. The molecule has 1 N–H and O–H groups in total. The molecule has 2 aromatic carbocycles. The van der Waals surface area contributed by atoms with Crippen LogP contribution in [0, 0.1) is 6.92 Å². The largest absolute Gasteiger partial charge is 0.497 e. The van der Waals surface area contributed by atoms with E-state index in [9.17, 15) is 4.79 Å². The molecule has 1 aliphatic rings. The number of ether oxygens (including phenoxy) is 2. The van der Waals surface area contributed by atoms with E-state index >= 15 is 0 Å².